The Kier molecular flexibility index (Phi) is 11.8. The molecule has 1 heterocycles. The number of hydrogen-bond donors (Lipinski definition) is 0. The van der Waals surface area contributed by atoms with Gasteiger partial charge in [0.2, 0.25) is 0 Å². The summed E-state index contributed by atoms with van der Waals surface area (Å²) in [6.07, 6.45) is 0. The average Bonchev–Trinajstić information content (AvgIpc) is 2.90. The van der Waals surface area contributed by atoms with Crippen LogP contribution in [0.3, 0.4) is 0 Å². The standard InChI is InChI=1S/C24H28Cl4O8S2/c25-9-17-13-33-21-5-1-2-6-22(21)34-14-18(10-26)38(31,32)20(12-28)16-36-24-8-4-3-7-23(24)35-15-19(11-27)37(17,29)30/h1-8,17-20H,9-16H2/t17-,18-,19+,20+. The van der Waals surface area contributed by atoms with E-state index in [1.165, 1.54) is 0 Å². The van der Waals surface area contributed by atoms with Crippen molar-refractivity contribution in [2.75, 3.05) is 49.9 Å². The van der Waals surface area contributed by atoms with E-state index in [2.05, 4.69) is 0 Å². The Morgan fingerprint density at radius 3 is 0.895 bits per heavy atom. The third-order valence-corrected chi connectivity index (χ3v) is 13.1. The van der Waals surface area contributed by atoms with Crippen molar-refractivity contribution in [2.45, 2.75) is 21.0 Å². The predicted octanol–water partition coefficient (Wildman–Crippen LogP) is 4.17. The van der Waals surface area contributed by atoms with Crippen molar-refractivity contribution >= 4 is 66.1 Å². The molecule has 1 aliphatic heterocycles. The number of hydrogen-bond acceptors (Lipinski definition) is 8. The number of rotatable bonds is 4. The maximum absolute atomic E-state index is 13.4. The van der Waals surface area contributed by atoms with Gasteiger partial charge in [0.05, 0.1) is 0 Å². The first-order valence-electron chi connectivity index (χ1n) is 11.6. The van der Waals surface area contributed by atoms with Crippen molar-refractivity contribution in [3.8, 4) is 23.0 Å². The maximum atomic E-state index is 13.4. The van der Waals surface area contributed by atoms with Crippen LogP contribution in [-0.4, -0.2) is 87.8 Å². The number of ether oxygens (including phenoxy) is 4. The molecule has 1 aliphatic rings. The molecule has 0 aromatic heterocycles. The van der Waals surface area contributed by atoms with Crippen molar-refractivity contribution in [3.63, 3.8) is 0 Å². The number of halogens is 4. The highest BCUT2D eigenvalue weighted by molar-refractivity contribution is 7.93. The van der Waals surface area contributed by atoms with Crippen LogP contribution in [-0.2, 0) is 19.7 Å². The van der Waals surface area contributed by atoms with Gasteiger partial charge in [-0.05, 0) is 24.3 Å². The fraction of sp³-hybridized carbons (Fsp3) is 0.500. The van der Waals surface area contributed by atoms with Crippen LogP contribution in [0.1, 0.15) is 0 Å². The van der Waals surface area contributed by atoms with E-state index in [0.29, 0.717) is 0 Å². The Labute approximate surface area is 243 Å². The molecule has 0 saturated carbocycles. The third kappa shape index (κ3) is 7.46. The molecular formula is C24H28Cl4O8S2. The van der Waals surface area contributed by atoms with E-state index in [9.17, 15) is 16.8 Å². The lowest BCUT2D eigenvalue weighted by Gasteiger charge is -2.25. The van der Waals surface area contributed by atoms with Gasteiger partial charge in [0.15, 0.2) is 42.7 Å². The zero-order valence-corrected chi connectivity index (χ0v) is 24.8. The first-order valence-corrected chi connectivity index (χ1v) is 16.9. The summed E-state index contributed by atoms with van der Waals surface area (Å²) >= 11 is 24.2. The largest absolute Gasteiger partial charge is 0.488 e. The lowest BCUT2D eigenvalue weighted by Crippen LogP contribution is -2.42. The number of alkyl halides is 4. The van der Waals surface area contributed by atoms with Crippen LogP contribution in [0.2, 0.25) is 0 Å². The van der Waals surface area contributed by atoms with Crippen molar-refractivity contribution in [1.29, 1.82) is 0 Å². The molecule has 0 radical (unpaired) electrons. The molecule has 14 heteroatoms. The van der Waals surface area contributed by atoms with E-state index in [1.54, 1.807) is 48.5 Å². The van der Waals surface area contributed by atoms with Gasteiger partial charge in [-0.1, -0.05) is 24.3 Å². The number of sulfone groups is 2. The van der Waals surface area contributed by atoms with Crippen LogP contribution in [0.15, 0.2) is 48.5 Å². The van der Waals surface area contributed by atoms with Gasteiger partial charge in [-0.25, -0.2) is 16.8 Å². The predicted molar refractivity (Wildman–Crippen MR) is 151 cm³/mol. The van der Waals surface area contributed by atoms with Gasteiger partial charge in [-0.15, -0.1) is 46.4 Å². The Hall–Kier alpha value is -1.30. The summed E-state index contributed by atoms with van der Waals surface area (Å²) in [4.78, 5) is 0. The summed E-state index contributed by atoms with van der Waals surface area (Å²) in [5, 5.41) is -4.41. The molecule has 8 nitrogen and oxygen atoms in total. The maximum Gasteiger partial charge on any atom is 0.165 e. The van der Waals surface area contributed by atoms with Crippen molar-refractivity contribution < 1.29 is 35.8 Å². The van der Waals surface area contributed by atoms with Gasteiger partial charge in [-0.3, -0.25) is 0 Å². The SMILES string of the molecule is O=S1(=O)[C@H](CCl)COc2ccccc2OC[C@@H](CCl)S(=O)(=O)[C@@H](CCl)COc2ccccc2OC[C@@H]1CCl. The van der Waals surface area contributed by atoms with Crippen LogP contribution < -0.4 is 18.9 Å². The van der Waals surface area contributed by atoms with E-state index < -0.39 is 40.7 Å². The molecule has 2 aromatic carbocycles. The molecule has 0 amide bonds. The zero-order valence-electron chi connectivity index (χ0n) is 20.2. The summed E-state index contributed by atoms with van der Waals surface area (Å²) in [6, 6.07) is 13.0. The summed E-state index contributed by atoms with van der Waals surface area (Å²) in [5.74, 6) is -0.112. The summed E-state index contributed by atoms with van der Waals surface area (Å²) in [7, 11) is -7.80. The van der Waals surface area contributed by atoms with Gasteiger partial charge >= 0.3 is 0 Å². The Morgan fingerprint density at radius 2 is 0.711 bits per heavy atom. The van der Waals surface area contributed by atoms with Crippen molar-refractivity contribution in [1.82, 2.24) is 0 Å². The molecule has 0 spiro atoms. The molecule has 212 valence electrons. The smallest absolute Gasteiger partial charge is 0.165 e. The number of fused-ring (bicyclic) bond motifs is 2. The minimum Gasteiger partial charge on any atom is -0.488 e. The van der Waals surface area contributed by atoms with E-state index in [4.69, 9.17) is 65.4 Å². The lowest BCUT2D eigenvalue weighted by atomic mass is 10.3. The normalized spacial score (nSPS) is 26.0. The highest BCUT2D eigenvalue weighted by Gasteiger charge is 2.37. The number of para-hydroxylation sites is 4. The topological polar surface area (TPSA) is 105 Å². The van der Waals surface area contributed by atoms with Crippen molar-refractivity contribution in [2.24, 2.45) is 0 Å². The molecule has 0 N–H and O–H groups in total. The molecule has 0 aliphatic carbocycles. The Bertz CT molecular complexity index is 1080. The van der Waals surface area contributed by atoms with Gasteiger partial charge in [0.25, 0.3) is 0 Å². The molecule has 3 rings (SSSR count). The number of benzene rings is 2. The lowest BCUT2D eigenvalue weighted by molar-refractivity contribution is 0.260. The Morgan fingerprint density at radius 1 is 0.500 bits per heavy atom. The second-order valence-corrected chi connectivity index (χ2v) is 14.7. The quantitative estimate of drug-likeness (QED) is 0.455. The monoisotopic (exact) mass is 648 g/mol. The summed E-state index contributed by atoms with van der Waals surface area (Å²) in [6.45, 7) is -1.15. The van der Waals surface area contributed by atoms with Gasteiger partial charge < -0.3 is 18.9 Å². The molecule has 4 atom stereocenters. The van der Waals surface area contributed by atoms with Crippen LogP contribution in [0.5, 0.6) is 23.0 Å². The molecule has 0 bridgehead atoms. The molecule has 2 aromatic rings. The second-order valence-electron chi connectivity index (χ2n) is 8.42. The summed E-state index contributed by atoms with van der Waals surface area (Å²) in [5.41, 5.74) is 0. The minimum absolute atomic E-state index is 0.217. The van der Waals surface area contributed by atoms with Crippen LogP contribution in [0, 0.1) is 0 Å². The summed E-state index contributed by atoms with van der Waals surface area (Å²) < 4.78 is 76.6. The first-order chi connectivity index (χ1) is 18.2. The second kappa shape index (κ2) is 14.4. The Balaban J connectivity index is 2.01. The van der Waals surface area contributed by atoms with E-state index in [0.717, 1.165) is 0 Å². The van der Waals surface area contributed by atoms with Gasteiger partial charge in [0, 0.05) is 23.5 Å². The molecule has 0 fully saturated rings. The van der Waals surface area contributed by atoms with E-state index >= 15 is 0 Å². The van der Waals surface area contributed by atoms with E-state index in [-0.39, 0.29) is 72.9 Å². The highest BCUT2D eigenvalue weighted by Crippen LogP contribution is 2.31. The van der Waals surface area contributed by atoms with Gasteiger partial charge in [0.1, 0.15) is 47.4 Å². The highest BCUT2D eigenvalue weighted by atomic mass is 35.5. The molecule has 0 saturated heterocycles. The van der Waals surface area contributed by atoms with Crippen LogP contribution in [0.4, 0.5) is 0 Å². The third-order valence-electron chi connectivity index (χ3n) is 5.94. The van der Waals surface area contributed by atoms with Crippen LogP contribution in [0.25, 0.3) is 0 Å². The molecule has 38 heavy (non-hydrogen) atoms. The fourth-order valence-corrected chi connectivity index (χ4v) is 8.85. The molecular weight excluding hydrogens is 622 g/mol. The first kappa shape index (κ1) is 31.2. The average molecular weight is 650 g/mol. The van der Waals surface area contributed by atoms with Crippen molar-refractivity contribution in [3.05, 3.63) is 48.5 Å². The van der Waals surface area contributed by atoms with E-state index in [1.807, 2.05) is 0 Å². The zero-order chi connectivity index (χ0) is 27.8. The fourth-order valence-electron chi connectivity index (χ4n) is 3.56. The molecule has 0 unspecified atom stereocenters. The minimum atomic E-state index is -3.90. The van der Waals surface area contributed by atoms with Crippen LogP contribution >= 0.6 is 46.4 Å². The van der Waals surface area contributed by atoms with Gasteiger partial charge in [-0.2, -0.15) is 0 Å².